The van der Waals surface area contributed by atoms with Crippen molar-refractivity contribution in [3.63, 3.8) is 0 Å². The number of amides is 1. The number of aryl methyl sites for hydroxylation is 3. The monoisotopic (exact) mass is 351 g/mol. The molecule has 1 heterocycles. The van der Waals surface area contributed by atoms with E-state index >= 15 is 0 Å². The van der Waals surface area contributed by atoms with E-state index in [-0.39, 0.29) is 11.2 Å². The van der Waals surface area contributed by atoms with Gasteiger partial charge in [-0.05, 0) is 51.0 Å². The van der Waals surface area contributed by atoms with Crippen LogP contribution in [0.15, 0.2) is 47.5 Å². The number of carbonyl (C=O) groups excluding carboxylic acids is 1. The van der Waals surface area contributed by atoms with Crippen LogP contribution in [-0.2, 0) is 4.79 Å². The number of nitrogens with one attached hydrogen (secondary N) is 1. The molecule has 128 valence electrons. The lowest BCUT2D eigenvalue weighted by Gasteiger charge is -2.15. The average molecular weight is 351 g/mol. The van der Waals surface area contributed by atoms with Gasteiger partial charge in [-0.3, -0.25) is 4.79 Å². The van der Waals surface area contributed by atoms with E-state index in [2.05, 4.69) is 15.3 Å². The second kappa shape index (κ2) is 7.23. The Morgan fingerprint density at radius 1 is 1.08 bits per heavy atom. The zero-order chi connectivity index (χ0) is 18.0. The van der Waals surface area contributed by atoms with Crippen molar-refractivity contribution >= 4 is 34.3 Å². The molecule has 0 saturated heterocycles. The Morgan fingerprint density at radius 3 is 2.64 bits per heavy atom. The Morgan fingerprint density at radius 2 is 1.84 bits per heavy atom. The minimum absolute atomic E-state index is 0.0287. The number of rotatable bonds is 4. The SMILES string of the molecule is Cc1ccc(C)c(NC(=O)[C@H](C)Sc2nc(C)nc3ccccc23)c1. The van der Waals surface area contributed by atoms with E-state index < -0.39 is 0 Å². The van der Waals surface area contributed by atoms with E-state index in [1.165, 1.54) is 11.8 Å². The van der Waals surface area contributed by atoms with Crippen LogP contribution in [0, 0.1) is 20.8 Å². The minimum atomic E-state index is -0.266. The highest BCUT2D eigenvalue weighted by Crippen LogP contribution is 2.29. The number of para-hydroxylation sites is 1. The molecule has 1 atom stereocenters. The van der Waals surface area contributed by atoms with Gasteiger partial charge in [0.25, 0.3) is 0 Å². The molecule has 0 radical (unpaired) electrons. The van der Waals surface area contributed by atoms with Gasteiger partial charge in [0.15, 0.2) is 0 Å². The quantitative estimate of drug-likeness (QED) is 0.548. The number of thioether (sulfide) groups is 1. The third-order valence-electron chi connectivity index (χ3n) is 3.99. The highest BCUT2D eigenvalue weighted by atomic mass is 32.2. The number of anilines is 1. The Bertz CT molecular complexity index is 939. The Labute approximate surface area is 152 Å². The molecule has 1 aromatic heterocycles. The van der Waals surface area contributed by atoms with E-state index in [4.69, 9.17) is 0 Å². The van der Waals surface area contributed by atoms with Crippen LogP contribution in [0.4, 0.5) is 5.69 Å². The zero-order valence-electron chi connectivity index (χ0n) is 14.8. The number of fused-ring (bicyclic) bond motifs is 1. The number of aromatic nitrogens is 2. The van der Waals surface area contributed by atoms with Crippen molar-refractivity contribution in [1.82, 2.24) is 9.97 Å². The molecule has 0 bridgehead atoms. The maximum atomic E-state index is 12.6. The van der Waals surface area contributed by atoms with E-state index in [9.17, 15) is 4.79 Å². The molecule has 1 N–H and O–H groups in total. The largest absolute Gasteiger partial charge is 0.325 e. The van der Waals surface area contributed by atoms with Gasteiger partial charge in [0.05, 0.1) is 10.8 Å². The third-order valence-corrected chi connectivity index (χ3v) is 5.09. The lowest BCUT2D eigenvalue weighted by molar-refractivity contribution is -0.115. The molecule has 0 fully saturated rings. The molecular weight excluding hydrogens is 330 g/mol. The highest BCUT2D eigenvalue weighted by Gasteiger charge is 2.18. The van der Waals surface area contributed by atoms with Crippen LogP contribution in [0.1, 0.15) is 23.9 Å². The van der Waals surface area contributed by atoms with Gasteiger partial charge in [-0.1, -0.05) is 42.1 Å². The Kier molecular flexibility index (Phi) is 5.04. The predicted octanol–water partition coefficient (Wildman–Crippen LogP) is 4.67. The number of nitrogens with zero attached hydrogens (tertiary/aromatic N) is 2. The first-order valence-electron chi connectivity index (χ1n) is 8.22. The first-order valence-corrected chi connectivity index (χ1v) is 9.10. The maximum absolute atomic E-state index is 12.6. The van der Waals surface area contributed by atoms with Crippen LogP contribution in [0.5, 0.6) is 0 Å². The summed E-state index contributed by atoms with van der Waals surface area (Å²) in [7, 11) is 0. The molecule has 3 aromatic rings. The zero-order valence-corrected chi connectivity index (χ0v) is 15.6. The van der Waals surface area contributed by atoms with Gasteiger partial charge < -0.3 is 5.32 Å². The van der Waals surface area contributed by atoms with Crippen molar-refractivity contribution in [3.8, 4) is 0 Å². The fourth-order valence-electron chi connectivity index (χ4n) is 2.57. The third kappa shape index (κ3) is 3.99. The van der Waals surface area contributed by atoms with E-state index in [0.717, 1.165) is 32.7 Å². The molecule has 1 amide bonds. The van der Waals surface area contributed by atoms with Gasteiger partial charge in [0.1, 0.15) is 10.9 Å². The van der Waals surface area contributed by atoms with Crippen molar-refractivity contribution in [3.05, 3.63) is 59.4 Å². The van der Waals surface area contributed by atoms with Crippen LogP contribution >= 0.6 is 11.8 Å². The highest BCUT2D eigenvalue weighted by molar-refractivity contribution is 8.00. The summed E-state index contributed by atoms with van der Waals surface area (Å²) < 4.78 is 0. The van der Waals surface area contributed by atoms with Gasteiger partial charge >= 0.3 is 0 Å². The van der Waals surface area contributed by atoms with Crippen molar-refractivity contribution in [2.75, 3.05) is 5.32 Å². The standard InChI is InChI=1S/C20H21N3OS/c1-12-9-10-13(2)18(11-12)23-19(24)14(3)25-20-16-7-5-6-8-17(16)21-15(4)22-20/h5-11,14H,1-4H3,(H,23,24)/t14-/m0/s1. The second-order valence-electron chi connectivity index (χ2n) is 6.16. The molecule has 4 nitrogen and oxygen atoms in total. The number of carbonyl (C=O) groups is 1. The summed E-state index contributed by atoms with van der Waals surface area (Å²) in [5, 5.41) is 4.58. The van der Waals surface area contributed by atoms with E-state index in [0.29, 0.717) is 5.82 Å². The van der Waals surface area contributed by atoms with Crippen molar-refractivity contribution in [2.24, 2.45) is 0 Å². The van der Waals surface area contributed by atoms with Crippen LogP contribution < -0.4 is 5.32 Å². The van der Waals surface area contributed by atoms with Crippen LogP contribution in [-0.4, -0.2) is 21.1 Å². The summed E-state index contributed by atoms with van der Waals surface area (Å²) in [4.78, 5) is 21.6. The molecular formula is C20H21N3OS. The molecule has 0 aliphatic carbocycles. The van der Waals surface area contributed by atoms with Gasteiger partial charge in [-0.15, -0.1) is 0 Å². The van der Waals surface area contributed by atoms with Crippen molar-refractivity contribution in [2.45, 2.75) is 38.0 Å². The summed E-state index contributed by atoms with van der Waals surface area (Å²) in [5.74, 6) is 0.683. The summed E-state index contributed by atoms with van der Waals surface area (Å²) >= 11 is 1.46. The molecule has 5 heteroatoms. The minimum Gasteiger partial charge on any atom is -0.325 e. The molecule has 2 aromatic carbocycles. The molecule has 3 rings (SSSR count). The molecule has 0 aliphatic heterocycles. The second-order valence-corrected chi connectivity index (χ2v) is 7.49. The predicted molar refractivity (Wildman–Crippen MR) is 104 cm³/mol. The summed E-state index contributed by atoms with van der Waals surface area (Å²) in [6.45, 7) is 7.78. The molecule has 0 aliphatic rings. The van der Waals surface area contributed by atoms with Gasteiger partial charge in [-0.25, -0.2) is 9.97 Å². The molecule has 25 heavy (non-hydrogen) atoms. The van der Waals surface area contributed by atoms with Crippen LogP contribution in [0.2, 0.25) is 0 Å². The lowest BCUT2D eigenvalue weighted by atomic mass is 10.1. The van der Waals surface area contributed by atoms with E-state index in [1.54, 1.807) is 0 Å². The van der Waals surface area contributed by atoms with Crippen molar-refractivity contribution in [1.29, 1.82) is 0 Å². The number of hydrogen-bond acceptors (Lipinski definition) is 4. The first-order chi connectivity index (χ1) is 11.9. The molecule has 0 saturated carbocycles. The number of benzene rings is 2. The maximum Gasteiger partial charge on any atom is 0.237 e. The fourth-order valence-corrected chi connectivity index (χ4v) is 3.56. The van der Waals surface area contributed by atoms with Gasteiger partial charge in [0.2, 0.25) is 5.91 Å². The summed E-state index contributed by atoms with van der Waals surface area (Å²) in [6.07, 6.45) is 0. The van der Waals surface area contributed by atoms with Gasteiger partial charge in [0, 0.05) is 11.1 Å². The van der Waals surface area contributed by atoms with Crippen molar-refractivity contribution < 1.29 is 4.79 Å². The van der Waals surface area contributed by atoms with E-state index in [1.807, 2.05) is 70.2 Å². The average Bonchev–Trinajstić information content (AvgIpc) is 2.58. The molecule has 0 spiro atoms. The summed E-state index contributed by atoms with van der Waals surface area (Å²) in [5.41, 5.74) is 3.94. The Balaban J connectivity index is 1.81. The smallest absolute Gasteiger partial charge is 0.237 e. The first kappa shape index (κ1) is 17.4. The van der Waals surface area contributed by atoms with Crippen LogP contribution in [0.3, 0.4) is 0 Å². The summed E-state index contributed by atoms with van der Waals surface area (Å²) in [6, 6.07) is 13.9. The van der Waals surface area contributed by atoms with Crippen LogP contribution in [0.25, 0.3) is 10.9 Å². The fraction of sp³-hybridized carbons (Fsp3) is 0.250. The molecule has 0 unspecified atom stereocenters. The van der Waals surface area contributed by atoms with Gasteiger partial charge in [-0.2, -0.15) is 0 Å². The lowest BCUT2D eigenvalue weighted by Crippen LogP contribution is -2.23. The number of hydrogen-bond donors (Lipinski definition) is 1. The Hall–Kier alpha value is -2.40. The topological polar surface area (TPSA) is 54.9 Å². The normalized spacial score (nSPS) is 12.2.